The molecule has 2 bridgehead atoms. The number of aromatic nitrogens is 1. The van der Waals surface area contributed by atoms with Crippen LogP contribution in [0.1, 0.15) is 32.6 Å². The van der Waals surface area contributed by atoms with Crippen molar-refractivity contribution in [3.05, 3.63) is 18.3 Å². The highest BCUT2D eigenvalue weighted by atomic mass is 16.5. The van der Waals surface area contributed by atoms with Gasteiger partial charge in [0.15, 0.2) is 0 Å². The molecule has 3 rings (SSSR count). The van der Waals surface area contributed by atoms with E-state index in [4.69, 9.17) is 4.74 Å². The monoisotopic (exact) mass is 261 g/mol. The van der Waals surface area contributed by atoms with Crippen LogP contribution in [0.4, 0.5) is 5.82 Å². The van der Waals surface area contributed by atoms with E-state index in [0.717, 1.165) is 30.2 Å². The summed E-state index contributed by atoms with van der Waals surface area (Å²) in [6.45, 7) is 3.24. The molecule has 0 amide bonds. The molecule has 2 fully saturated rings. The molecule has 104 valence electrons. The third kappa shape index (κ3) is 2.54. The Labute approximate surface area is 115 Å². The van der Waals surface area contributed by atoms with Gasteiger partial charge < -0.3 is 15.0 Å². The van der Waals surface area contributed by atoms with Gasteiger partial charge >= 0.3 is 0 Å². The molecular weight excluding hydrogens is 238 g/mol. The number of piperidine rings is 1. The van der Waals surface area contributed by atoms with Gasteiger partial charge in [0, 0.05) is 24.7 Å². The van der Waals surface area contributed by atoms with Crippen LogP contribution >= 0.6 is 0 Å². The lowest BCUT2D eigenvalue weighted by Crippen LogP contribution is -2.48. The first-order chi connectivity index (χ1) is 9.30. The van der Waals surface area contributed by atoms with Crippen molar-refractivity contribution >= 4 is 5.82 Å². The van der Waals surface area contributed by atoms with Gasteiger partial charge in [0.2, 0.25) is 0 Å². The number of fused-ring (bicyclic) bond motifs is 2. The Bertz CT molecular complexity index is 408. The second-order valence-corrected chi connectivity index (χ2v) is 5.61. The Morgan fingerprint density at radius 1 is 1.32 bits per heavy atom. The third-order valence-corrected chi connectivity index (χ3v) is 4.48. The van der Waals surface area contributed by atoms with Crippen LogP contribution in [0.2, 0.25) is 0 Å². The molecule has 4 heteroatoms. The average molecular weight is 261 g/mol. The predicted octanol–water partition coefficient (Wildman–Crippen LogP) is 2.20. The Hall–Kier alpha value is -1.29. The van der Waals surface area contributed by atoms with E-state index < -0.39 is 0 Å². The first kappa shape index (κ1) is 12.7. The van der Waals surface area contributed by atoms with Gasteiger partial charge in [-0.15, -0.1) is 0 Å². The number of pyridine rings is 1. The summed E-state index contributed by atoms with van der Waals surface area (Å²) in [6.07, 6.45) is 6.99. The van der Waals surface area contributed by atoms with Gasteiger partial charge in [-0.1, -0.05) is 0 Å². The van der Waals surface area contributed by atoms with Gasteiger partial charge in [-0.3, -0.25) is 0 Å². The standard InChI is InChI=1S/C15H23N3O/c1-3-18(15-7-6-14(19-2)10-16-15)13-8-11-4-5-12(9-13)17-11/h6-7,10-13,17H,3-5,8-9H2,1-2H3. The van der Waals surface area contributed by atoms with E-state index >= 15 is 0 Å². The summed E-state index contributed by atoms with van der Waals surface area (Å²) in [6, 6.07) is 6.14. The molecular formula is C15H23N3O. The first-order valence-corrected chi connectivity index (χ1v) is 7.33. The summed E-state index contributed by atoms with van der Waals surface area (Å²) in [5, 5.41) is 3.70. The second-order valence-electron chi connectivity index (χ2n) is 5.61. The fourth-order valence-corrected chi connectivity index (χ4v) is 3.55. The minimum atomic E-state index is 0.629. The van der Waals surface area contributed by atoms with E-state index in [1.54, 1.807) is 7.11 Å². The fraction of sp³-hybridized carbons (Fsp3) is 0.667. The number of ether oxygens (including phenoxy) is 1. The van der Waals surface area contributed by atoms with Crippen LogP contribution in [0, 0.1) is 0 Å². The van der Waals surface area contributed by atoms with Crippen LogP contribution in [-0.2, 0) is 0 Å². The molecule has 1 aromatic rings. The molecule has 4 nitrogen and oxygen atoms in total. The molecule has 0 saturated carbocycles. The summed E-state index contributed by atoms with van der Waals surface area (Å²) in [5.41, 5.74) is 0. The van der Waals surface area contributed by atoms with Crippen molar-refractivity contribution in [3.63, 3.8) is 0 Å². The lowest BCUT2D eigenvalue weighted by Gasteiger charge is -2.38. The number of anilines is 1. The minimum Gasteiger partial charge on any atom is -0.495 e. The molecule has 1 aromatic heterocycles. The molecule has 0 aliphatic carbocycles. The van der Waals surface area contributed by atoms with Gasteiger partial charge in [-0.2, -0.15) is 0 Å². The zero-order chi connectivity index (χ0) is 13.2. The van der Waals surface area contributed by atoms with E-state index in [2.05, 4.69) is 28.2 Å². The molecule has 3 heterocycles. The predicted molar refractivity (Wildman–Crippen MR) is 76.8 cm³/mol. The highest BCUT2D eigenvalue weighted by Crippen LogP contribution is 2.31. The fourth-order valence-electron chi connectivity index (χ4n) is 3.55. The molecule has 0 aromatic carbocycles. The molecule has 0 radical (unpaired) electrons. The molecule has 2 atom stereocenters. The highest BCUT2D eigenvalue weighted by Gasteiger charge is 2.36. The van der Waals surface area contributed by atoms with Crippen molar-refractivity contribution in [2.24, 2.45) is 0 Å². The summed E-state index contributed by atoms with van der Waals surface area (Å²) in [4.78, 5) is 7.00. The zero-order valence-electron chi connectivity index (χ0n) is 11.8. The quantitative estimate of drug-likeness (QED) is 0.901. The molecule has 1 N–H and O–H groups in total. The Balaban J connectivity index is 1.75. The third-order valence-electron chi connectivity index (χ3n) is 4.48. The number of nitrogens with one attached hydrogen (secondary N) is 1. The van der Waals surface area contributed by atoms with Crippen molar-refractivity contribution in [2.75, 3.05) is 18.6 Å². The lowest BCUT2D eigenvalue weighted by molar-refractivity contribution is 0.347. The Kier molecular flexibility index (Phi) is 3.60. The van der Waals surface area contributed by atoms with Crippen molar-refractivity contribution in [1.29, 1.82) is 0 Å². The smallest absolute Gasteiger partial charge is 0.137 e. The van der Waals surface area contributed by atoms with E-state index in [0.29, 0.717) is 6.04 Å². The van der Waals surface area contributed by atoms with E-state index in [-0.39, 0.29) is 0 Å². The maximum absolute atomic E-state index is 5.18. The van der Waals surface area contributed by atoms with E-state index in [9.17, 15) is 0 Å². The van der Waals surface area contributed by atoms with Gasteiger partial charge in [0.1, 0.15) is 11.6 Å². The van der Waals surface area contributed by atoms with Crippen LogP contribution in [0.15, 0.2) is 18.3 Å². The topological polar surface area (TPSA) is 37.4 Å². The second kappa shape index (κ2) is 5.37. The van der Waals surface area contributed by atoms with Crippen LogP contribution in [0.5, 0.6) is 5.75 Å². The highest BCUT2D eigenvalue weighted by molar-refractivity contribution is 5.42. The molecule has 2 aliphatic rings. The number of nitrogens with zero attached hydrogens (tertiary/aromatic N) is 2. The summed E-state index contributed by atoms with van der Waals surface area (Å²) < 4.78 is 5.18. The first-order valence-electron chi connectivity index (χ1n) is 7.33. The Morgan fingerprint density at radius 2 is 2.05 bits per heavy atom. The van der Waals surface area contributed by atoms with Gasteiger partial charge in [-0.25, -0.2) is 4.98 Å². The maximum atomic E-state index is 5.18. The van der Waals surface area contributed by atoms with Crippen LogP contribution < -0.4 is 15.0 Å². The summed E-state index contributed by atoms with van der Waals surface area (Å²) in [5.74, 6) is 1.90. The minimum absolute atomic E-state index is 0.629. The van der Waals surface area contributed by atoms with Gasteiger partial charge in [-0.05, 0) is 44.7 Å². The zero-order valence-corrected chi connectivity index (χ0v) is 11.8. The van der Waals surface area contributed by atoms with E-state index in [1.165, 1.54) is 25.7 Å². The molecule has 2 saturated heterocycles. The van der Waals surface area contributed by atoms with Crippen molar-refractivity contribution in [1.82, 2.24) is 10.3 Å². The maximum Gasteiger partial charge on any atom is 0.137 e. The summed E-state index contributed by atoms with van der Waals surface area (Å²) in [7, 11) is 1.68. The van der Waals surface area contributed by atoms with Crippen LogP contribution in [-0.4, -0.2) is 36.8 Å². The molecule has 2 unspecified atom stereocenters. The number of hydrogen-bond acceptors (Lipinski definition) is 4. The SMILES string of the molecule is CCN(c1ccc(OC)cn1)C1CC2CCC(C1)N2. The van der Waals surface area contributed by atoms with Crippen LogP contribution in [0.3, 0.4) is 0 Å². The van der Waals surface area contributed by atoms with Crippen LogP contribution in [0.25, 0.3) is 0 Å². The largest absolute Gasteiger partial charge is 0.495 e. The van der Waals surface area contributed by atoms with E-state index in [1.807, 2.05) is 12.3 Å². The Morgan fingerprint density at radius 3 is 2.58 bits per heavy atom. The van der Waals surface area contributed by atoms with Gasteiger partial charge in [0.25, 0.3) is 0 Å². The lowest BCUT2D eigenvalue weighted by atomic mass is 9.98. The molecule has 2 aliphatic heterocycles. The van der Waals surface area contributed by atoms with Gasteiger partial charge in [0.05, 0.1) is 13.3 Å². The summed E-state index contributed by atoms with van der Waals surface area (Å²) >= 11 is 0. The molecule has 19 heavy (non-hydrogen) atoms. The molecule has 0 spiro atoms. The van der Waals surface area contributed by atoms with Crippen molar-refractivity contribution in [3.8, 4) is 5.75 Å². The van der Waals surface area contributed by atoms with Crippen molar-refractivity contribution in [2.45, 2.75) is 50.7 Å². The normalized spacial score (nSPS) is 29.3. The number of hydrogen-bond donors (Lipinski definition) is 1. The number of methoxy groups -OCH3 is 1. The average Bonchev–Trinajstić information content (AvgIpc) is 2.79. The number of rotatable bonds is 4. The van der Waals surface area contributed by atoms with Crippen molar-refractivity contribution < 1.29 is 4.74 Å².